The van der Waals surface area contributed by atoms with E-state index in [-0.39, 0.29) is 24.2 Å². The number of rotatable bonds is 9. The second-order valence-electron chi connectivity index (χ2n) is 7.27. The van der Waals surface area contributed by atoms with Crippen LogP contribution in [0.25, 0.3) is 11.3 Å². The zero-order chi connectivity index (χ0) is 21.5. The first-order valence-electron chi connectivity index (χ1n) is 10.4. The fourth-order valence-electron chi connectivity index (χ4n) is 3.38. The van der Waals surface area contributed by atoms with E-state index in [1.807, 2.05) is 48.5 Å². The third-order valence-corrected chi connectivity index (χ3v) is 5.93. The fourth-order valence-corrected chi connectivity index (χ4v) is 4.34. The molecule has 1 unspecified atom stereocenters. The van der Waals surface area contributed by atoms with Gasteiger partial charge in [0.1, 0.15) is 4.88 Å². The van der Waals surface area contributed by atoms with Crippen molar-refractivity contribution in [3.63, 3.8) is 0 Å². The summed E-state index contributed by atoms with van der Waals surface area (Å²) >= 11 is 1.19. The Morgan fingerprint density at radius 2 is 1.84 bits per heavy atom. The van der Waals surface area contributed by atoms with Crippen molar-refractivity contribution in [2.24, 2.45) is 0 Å². The lowest BCUT2D eigenvalue weighted by Crippen LogP contribution is -2.18. The molecule has 0 bridgehead atoms. The van der Waals surface area contributed by atoms with Gasteiger partial charge in [-0.25, -0.2) is 4.98 Å². The van der Waals surface area contributed by atoms with Crippen LogP contribution in [0.1, 0.15) is 34.5 Å². The van der Waals surface area contributed by atoms with Gasteiger partial charge < -0.3 is 14.8 Å². The number of hydrogen-bond donors (Lipinski definition) is 1. The molecule has 1 saturated heterocycles. The molecule has 1 aliphatic heterocycles. The number of thiazole rings is 1. The van der Waals surface area contributed by atoms with Gasteiger partial charge in [-0.2, -0.15) is 0 Å². The van der Waals surface area contributed by atoms with Gasteiger partial charge in [0.25, 0.3) is 0 Å². The molecule has 2 heterocycles. The van der Waals surface area contributed by atoms with Crippen LogP contribution in [0.3, 0.4) is 0 Å². The minimum Gasteiger partial charge on any atom is -0.378 e. The molecule has 0 aliphatic carbocycles. The summed E-state index contributed by atoms with van der Waals surface area (Å²) in [6.45, 7) is 1.61. The molecule has 1 N–H and O–H groups in total. The van der Waals surface area contributed by atoms with Crippen molar-refractivity contribution in [1.82, 2.24) is 4.98 Å². The van der Waals surface area contributed by atoms with E-state index in [0.29, 0.717) is 34.5 Å². The minimum atomic E-state index is -0.195. The molecule has 1 fully saturated rings. The highest BCUT2D eigenvalue weighted by Gasteiger charge is 2.22. The van der Waals surface area contributed by atoms with Gasteiger partial charge in [-0.15, -0.1) is 0 Å². The highest BCUT2D eigenvalue weighted by Crippen LogP contribution is 2.33. The largest absolute Gasteiger partial charge is 0.378 e. The predicted octanol–water partition coefficient (Wildman–Crippen LogP) is 4.57. The Morgan fingerprint density at radius 3 is 2.55 bits per heavy atom. The molecule has 0 saturated carbocycles. The number of ketones is 1. The SMILES string of the molecule is O=C(CCOCC1CCCO1)Nc1nc(-c2ccccc2)c(C(=O)c2ccccc2)s1. The van der Waals surface area contributed by atoms with Crippen LogP contribution < -0.4 is 5.32 Å². The van der Waals surface area contributed by atoms with Crippen LogP contribution in [0.4, 0.5) is 5.13 Å². The zero-order valence-corrected chi connectivity index (χ0v) is 17.9. The van der Waals surface area contributed by atoms with Crippen molar-refractivity contribution in [2.45, 2.75) is 25.4 Å². The third-order valence-electron chi connectivity index (χ3n) is 4.96. The number of carbonyl (C=O) groups excluding carboxylic acids is 2. The first-order chi connectivity index (χ1) is 15.2. The van der Waals surface area contributed by atoms with E-state index in [4.69, 9.17) is 9.47 Å². The first kappa shape index (κ1) is 21.4. The Bertz CT molecular complexity index is 1010. The number of hydrogen-bond acceptors (Lipinski definition) is 6. The van der Waals surface area contributed by atoms with Crippen LogP contribution in [0.2, 0.25) is 0 Å². The number of carbonyl (C=O) groups is 2. The van der Waals surface area contributed by atoms with Crippen molar-refractivity contribution in [3.8, 4) is 11.3 Å². The van der Waals surface area contributed by atoms with Gasteiger partial charge in [0, 0.05) is 17.7 Å². The molecule has 4 rings (SSSR count). The molecule has 2 aromatic carbocycles. The Labute approximate surface area is 185 Å². The van der Waals surface area contributed by atoms with Crippen molar-refractivity contribution in [3.05, 3.63) is 71.1 Å². The van der Waals surface area contributed by atoms with E-state index in [2.05, 4.69) is 10.3 Å². The van der Waals surface area contributed by atoms with Gasteiger partial charge in [0.05, 0.1) is 31.4 Å². The molecule has 0 spiro atoms. The highest BCUT2D eigenvalue weighted by molar-refractivity contribution is 7.18. The Hall–Kier alpha value is -2.87. The van der Waals surface area contributed by atoms with Crippen molar-refractivity contribution in [1.29, 1.82) is 0 Å². The second kappa shape index (κ2) is 10.4. The standard InChI is InChI=1S/C24H24N2O4S/c27-20(13-15-29-16-19-12-7-14-30-19)25-24-26-21(17-8-3-1-4-9-17)23(31-24)22(28)18-10-5-2-6-11-18/h1-6,8-11,19H,7,12-16H2,(H,25,26,27). The maximum Gasteiger partial charge on any atom is 0.228 e. The molecule has 3 aromatic rings. The molecule has 1 amide bonds. The Morgan fingerprint density at radius 1 is 1.10 bits per heavy atom. The number of nitrogens with zero attached hydrogens (tertiary/aromatic N) is 1. The van der Waals surface area contributed by atoms with E-state index in [0.717, 1.165) is 25.0 Å². The summed E-state index contributed by atoms with van der Waals surface area (Å²) in [5.74, 6) is -0.309. The van der Waals surface area contributed by atoms with Crippen LogP contribution in [0, 0.1) is 0 Å². The molecule has 160 valence electrons. The molecule has 6 nitrogen and oxygen atoms in total. The number of nitrogens with one attached hydrogen (secondary N) is 1. The monoisotopic (exact) mass is 436 g/mol. The van der Waals surface area contributed by atoms with Gasteiger partial charge in [-0.1, -0.05) is 72.0 Å². The predicted molar refractivity (Wildman–Crippen MR) is 120 cm³/mol. The summed E-state index contributed by atoms with van der Waals surface area (Å²) < 4.78 is 11.1. The smallest absolute Gasteiger partial charge is 0.228 e. The Kier molecular flexibility index (Phi) is 7.19. The number of aromatic nitrogens is 1. The first-order valence-corrected chi connectivity index (χ1v) is 11.2. The quantitative estimate of drug-likeness (QED) is 0.393. The molecule has 7 heteroatoms. The maximum absolute atomic E-state index is 13.1. The summed E-state index contributed by atoms with van der Waals surface area (Å²) in [6, 6.07) is 18.6. The molecular formula is C24H24N2O4S. The molecular weight excluding hydrogens is 412 g/mol. The number of amides is 1. The van der Waals surface area contributed by atoms with Crippen LogP contribution in [-0.2, 0) is 14.3 Å². The molecule has 31 heavy (non-hydrogen) atoms. The number of anilines is 1. The lowest BCUT2D eigenvalue weighted by atomic mass is 10.1. The van der Waals surface area contributed by atoms with Gasteiger partial charge in [0.15, 0.2) is 5.13 Å². The fraction of sp³-hybridized carbons (Fsp3) is 0.292. The molecule has 1 aromatic heterocycles. The van der Waals surface area contributed by atoms with Gasteiger partial charge >= 0.3 is 0 Å². The van der Waals surface area contributed by atoms with E-state index >= 15 is 0 Å². The van der Waals surface area contributed by atoms with Crippen molar-refractivity contribution < 1.29 is 19.1 Å². The molecule has 0 radical (unpaired) electrons. The zero-order valence-electron chi connectivity index (χ0n) is 17.1. The molecule has 1 aliphatic rings. The molecule has 1 atom stereocenters. The number of benzene rings is 2. The maximum atomic E-state index is 13.1. The van der Waals surface area contributed by atoms with Crippen LogP contribution in [0.5, 0.6) is 0 Å². The normalized spacial score (nSPS) is 15.7. The summed E-state index contributed by atoms with van der Waals surface area (Å²) in [6.07, 6.45) is 2.43. The number of ether oxygens (including phenoxy) is 2. The van der Waals surface area contributed by atoms with Crippen molar-refractivity contribution >= 4 is 28.2 Å². The van der Waals surface area contributed by atoms with Gasteiger partial charge in [0.2, 0.25) is 11.7 Å². The van der Waals surface area contributed by atoms with E-state index in [9.17, 15) is 9.59 Å². The lowest BCUT2D eigenvalue weighted by Gasteiger charge is -2.09. The van der Waals surface area contributed by atoms with Crippen LogP contribution >= 0.6 is 11.3 Å². The van der Waals surface area contributed by atoms with Crippen molar-refractivity contribution in [2.75, 3.05) is 25.1 Å². The van der Waals surface area contributed by atoms with Gasteiger partial charge in [-0.05, 0) is 12.8 Å². The minimum absolute atomic E-state index is 0.114. The average Bonchev–Trinajstić information content (AvgIpc) is 3.47. The summed E-state index contributed by atoms with van der Waals surface area (Å²) in [5, 5.41) is 3.22. The van der Waals surface area contributed by atoms with Crippen LogP contribution in [0.15, 0.2) is 60.7 Å². The lowest BCUT2D eigenvalue weighted by molar-refractivity contribution is -0.117. The van der Waals surface area contributed by atoms with E-state index < -0.39 is 0 Å². The van der Waals surface area contributed by atoms with Gasteiger partial charge in [-0.3, -0.25) is 9.59 Å². The van der Waals surface area contributed by atoms with E-state index in [1.165, 1.54) is 11.3 Å². The van der Waals surface area contributed by atoms with E-state index in [1.54, 1.807) is 12.1 Å². The second-order valence-corrected chi connectivity index (χ2v) is 8.27. The summed E-state index contributed by atoms with van der Waals surface area (Å²) in [5.41, 5.74) is 1.99. The Balaban J connectivity index is 1.44. The summed E-state index contributed by atoms with van der Waals surface area (Å²) in [4.78, 5) is 30.5. The average molecular weight is 437 g/mol. The van der Waals surface area contributed by atoms with Crippen LogP contribution in [-0.4, -0.2) is 42.6 Å². The third kappa shape index (κ3) is 5.64. The summed E-state index contributed by atoms with van der Waals surface area (Å²) in [7, 11) is 0. The topological polar surface area (TPSA) is 77.5 Å². The highest BCUT2D eigenvalue weighted by atomic mass is 32.1.